The second-order valence-corrected chi connectivity index (χ2v) is 3.09. The van der Waals surface area contributed by atoms with Gasteiger partial charge in [0.25, 0.3) is 0 Å². The van der Waals surface area contributed by atoms with Crippen LogP contribution in [0.3, 0.4) is 0 Å². The van der Waals surface area contributed by atoms with Gasteiger partial charge in [-0.25, -0.2) is 0 Å². The number of carbonyl (C=O) groups is 1. The third-order valence-electron chi connectivity index (χ3n) is 1.79. The van der Waals surface area contributed by atoms with E-state index in [2.05, 4.69) is 0 Å². The molecule has 0 fully saturated rings. The molecule has 0 unspecified atom stereocenters. The van der Waals surface area contributed by atoms with E-state index >= 15 is 0 Å². The lowest BCUT2D eigenvalue weighted by molar-refractivity contribution is -0.138. The minimum atomic E-state index is -0.827. The fourth-order valence-corrected chi connectivity index (χ4v) is 1.10. The predicted octanol–water partition coefficient (Wildman–Crippen LogP) is 1.10. The molecule has 1 aromatic heterocycles. The zero-order chi connectivity index (χ0) is 9.84. The highest BCUT2D eigenvalue weighted by Crippen LogP contribution is 2.10. The Hall–Kier alpha value is -1.29. The molecule has 0 amide bonds. The standard InChI is InChI=1S/C9H13NO3/c1-7-3-4-13-8(7)5-10(2)6-9(11)12/h3-4H,5-6H2,1-2H3,(H,11,12). The SMILES string of the molecule is Cc1ccoc1CN(C)CC(=O)O. The van der Waals surface area contributed by atoms with Gasteiger partial charge < -0.3 is 9.52 Å². The molecule has 1 aromatic rings. The number of hydrogen-bond donors (Lipinski definition) is 1. The summed E-state index contributed by atoms with van der Waals surface area (Å²) in [5, 5.41) is 8.51. The lowest BCUT2D eigenvalue weighted by atomic mass is 10.3. The Bertz CT molecular complexity index is 293. The summed E-state index contributed by atoms with van der Waals surface area (Å²) >= 11 is 0. The van der Waals surface area contributed by atoms with E-state index in [-0.39, 0.29) is 6.54 Å². The van der Waals surface area contributed by atoms with Crippen LogP contribution in [0.25, 0.3) is 0 Å². The van der Waals surface area contributed by atoms with E-state index < -0.39 is 5.97 Å². The summed E-state index contributed by atoms with van der Waals surface area (Å²) < 4.78 is 5.18. The Morgan fingerprint density at radius 1 is 1.69 bits per heavy atom. The van der Waals surface area contributed by atoms with Gasteiger partial charge in [-0.15, -0.1) is 0 Å². The first kappa shape index (κ1) is 9.80. The first-order chi connectivity index (χ1) is 6.09. The Labute approximate surface area is 76.8 Å². The molecule has 0 spiro atoms. The van der Waals surface area contributed by atoms with Crippen molar-refractivity contribution in [2.24, 2.45) is 0 Å². The first-order valence-electron chi connectivity index (χ1n) is 4.03. The monoisotopic (exact) mass is 183 g/mol. The maximum Gasteiger partial charge on any atom is 0.317 e. The fraction of sp³-hybridized carbons (Fsp3) is 0.444. The molecule has 0 aliphatic heterocycles. The smallest absolute Gasteiger partial charge is 0.317 e. The van der Waals surface area contributed by atoms with E-state index in [4.69, 9.17) is 9.52 Å². The topological polar surface area (TPSA) is 53.7 Å². The van der Waals surface area contributed by atoms with Gasteiger partial charge >= 0.3 is 5.97 Å². The molecule has 1 N–H and O–H groups in total. The van der Waals surface area contributed by atoms with Crippen LogP contribution in [0, 0.1) is 6.92 Å². The van der Waals surface area contributed by atoms with Crippen LogP contribution in [0.4, 0.5) is 0 Å². The first-order valence-corrected chi connectivity index (χ1v) is 4.03. The average Bonchev–Trinajstić information content (AvgIpc) is 2.34. The summed E-state index contributed by atoms with van der Waals surface area (Å²) in [7, 11) is 1.75. The summed E-state index contributed by atoms with van der Waals surface area (Å²) in [4.78, 5) is 12.0. The minimum Gasteiger partial charge on any atom is -0.480 e. The molecule has 0 saturated carbocycles. The zero-order valence-electron chi connectivity index (χ0n) is 7.78. The lowest BCUT2D eigenvalue weighted by Crippen LogP contribution is -2.25. The molecule has 4 heteroatoms. The van der Waals surface area contributed by atoms with E-state index in [1.807, 2.05) is 13.0 Å². The molecule has 0 aliphatic carbocycles. The van der Waals surface area contributed by atoms with E-state index in [1.54, 1.807) is 18.2 Å². The number of carboxylic acid groups (broad SMARTS) is 1. The van der Waals surface area contributed by atoms with Crippen LogP contribution >= 0.6 is 0 Å². The van der Waals surface area contributed by atoms with Crippen molar-refractivity contribution in [3.8, 4) is 0 Å². The van der Waals surface area contributed by atoms with Crippen molar-refractivity contribution in [1.82, 2.24) is 4.90 Å². The predicted molar refractivity (Wildman–Crippen MR) is 47.4 cm³/mol. The van der Waals surface area contributed by atoms with Crippen molar-refractivity contribution in [2.45, 2.75) is 13.5 Å². The van der Waals surface area contributed by atoms with Crippen molar-refractivity contribution < 1.29 is 14.3 Å². The summed E-state index contributed by atoms with van der Waals surface area (Å²) in [6.45, 7) is 2.50. The molecule has 0 aliphatic rings. The molecule has 1 rings (SSSR count). The Kier molecular flexibility index (Phi) is 3.08. The number of aliphatic carboxylic acids is 1. The van der Waals surface area contributed by atoms with Crippen molar-refractivity contribution in [2.75, 3.05) is 13.6 Å². The van der Waals surface area contributed by atoms with Crippen LogP contribution in [-0.4, -0.2) is 29.6 Å². The normalized spacial score (nSPS) is 10.7. The van der Waals surface area contributed by atoms with Crippen LogP contribution in [0.5, 0.6) is 0 Å². The molecule has 4 nitrogen and oxygen atoms in total. The van der Waals surface area contributed by atoms with Crippen molar-refractivity contribution in [3.05, 3.63) is 23.7 Å². The second kappa shape index (κ2) is 4.09. The maximum absolute atomic E-state index is 10.4. The number of hydrogen-bond acceptors (Lipinski definition) is 3. The second-order valence-electron chi connectivity index (χ2n) is 3.09. The number of likely N-dealkylation sites (N-methyl/N-ethyl adjacent to an activating group) is 1. The van der Waals surface area contributed by atoms with Crippen LogP contribution in [0.15, 0.2) is 16.7 Å². The lowest BCUT2D eigenvalue weighted by Gasteiger charge is -2.11. The summed E-state index contributed by atoms with van der Waals surface area (Å²) in [6.07, 6.45) is 1.61. The van der Waals surface area contributed by atoms with E-state index in [1.165, 1.54) is 0 Å². The number of rotatable bonds is 4. The van der Waals surface area contributed by atoms with Crippen LogP contribution in [0.2, 0.25) is 0 Å². The molecule has 0 aromatic carbocycles. The Balaban J connectivity index is 2.49. The molecule has 13 heavy (non-hydrogen) atoms. The Morgan fingerprint density at radius 3 is 2.85 bits per heavy atom. The highest BCUT2D eigenvalue weighted by molar-refractivity contribution is 5.68. The van der Waals surface area contributed by atoms with Gasteiger partial charge in [0.1, 0.15) is 5.76 Å². The molecule has 0 bridgehead atoms. The van der Waals surface area contributed by atoms with Crippen molar-refractivity contribution in [1.29, 1.82) is 0 Å². The number of carboxylic acids is 1. The van der Waals surface area contributed by atoms with Gasteiger partial charge in [-0.1, -0.05) is 0 Å². The fourth-order valence-electron chi connectivity index (χ4n) is 1.10. The van der Waals surface area contributed by atoms with Crippen molar-refractivity contribution in [3.63, 3.8) is 0 Å². The third-order valence-corrected chi connectivity index (χ3v) is 1.79. The maximum atomic E-state index is 10.4. The highest BCUT2D eigenvalue weighted by atomic mass is 16.4. The van der Waals surface area contributed by atoms with Gasteiger partial charge in [0, 0.05) is 0 Å². The minimum absolute atomic E-state index is 0.0279. The molecule has 72 valence electrons. The number of furan rings is 1. The number of aryl methyl sites for hydroxylation is 1. The van der Waals surface area contributed by atoms with Crippen LogP contribution in [0.1, 0.15) is 11.3 Å². The molecular weight excluding hydrogens is 170 g/mol. The molecular formula is C9H13NO3. The average molecular weight is 183 g/mol. The van der Waals surface area contributed by atoms with Gasteiger partial charge in [-0.2, -0.15) is 0 Å². The van der Waals surface area contributed by atoms with Crippen LogP contribution < -0.4 is 0 Å². The van der Waals surface area contributed by atoms with Gasteiger partial charge in [0.05, 0.1) is 19.4 Å². The number of nitrogens with zero attached hydrogens (tertiary/aromatic N) is 1. The Morgan fingerprint density at radius 2 is 2.38 bits per heavy atom. The van der Waals surface area contributed by atoms with Gasteiger partial charge in [-0.3, -0.25) is 9.69 Å². The van der Waals surface area contributed by atoms with Crippen molar-refractivity contribution >= 4 is 5.97 Å². The molecule has 0 saturated heterocycles. The van der Waals surface area contributed by atoms with E-state index in [9.17, 15) is 4.79 Å². The van der Waals surface area contributed by atoms with E-state index in [0.29, 0.717) is 6.54 Å². The van der Waals surface area contributed by atoms with E-state index in [0.717, 1.165) is 11.3 Å². The molecule has 0 radical (unpaired) electrons. The molecule has 1 heterocycles. The van der Waals surface area contributed by atoms with Gasteiger partial charge in [0.15, 0.2) is 0 Å². The summed E-state index contributed by atoms with van der Waals surface area (Å²) in [6, 6.07) is 1.87. The van der Waals surface area contributed by atoms with Gasteiger partial charge in [0.2, 0.25) is 0 Å². The zero-order valence-corrected chi connectivity index (χ0v) is 7.78. The quantitative estimate of drug-likeness (QED) is 0.759. The largest absolute Gasteiger partial charge is 0.480 e. The van der Waals surface area contributed by atoms with Crippen LogP contribution in [-0.2, 0) is 11.3 Å². The summed E-state index contributed by atoms with van der Waals surface area (Å²) in [5.74, 6) is -0.00420. The highest BCUT2D eigenvalue weighted by Gasteiger charge is 2.08. The molecule has 0 atom stereocenters. The third kappa shape index (κ3) is 2.91. The van der Waals surface area contributed by atoms with Gasteiger partial charge in [-0.05, 0) is 25.6 Å². The summed E-state index contributed by atoms with van der Waals surface area (Å²) in [5.41, 5.74) is 1.05.